The van der Waals surface area contributed by atoms with Gasteiger partial charge in [-0.2, -0.15) is 0 Å². The quantitative estimate of drug-likeness (QED) is 0.463. The number of nitrogens with zero attached hydrogens (tertiary/aromatic N) is 3. The van der Waals surface area contributed by atoms with E-state index in [2.05, 4.69) is 10.2 Å². The molecule has 7 heteroatoms. The third-order valence-corrected chi connectivity index (χ3v) is 6.48. The Kier molecular flexibility index (Phi) is 5.62. The SMILES string of the molecule is COc1ccc(/C=c2/sc3n(c2=O)[C@@H](c2ccccc2)C(c2ccccc2)=NN=3)c(OC)c1. The third-order valence-electron chi connectivity index (χ3n) is 5.51. The second kappa shape index (κ2) is 8.88. The minimum atomic E-state index is -0.371. The normalized spacial score (nSPS) is 15.4. The van der Waals surface area contributed by atoms with Gasteiger partial charge in [0.2, 0.25) is 4.80 Å². The van der Waals surface area contributed by atoms with Crippen molar-refractivity contribution in [2.24, 2.45) is 10.2 Å². The van der Waals surface area contributed by atoms with Crippen molar-refractivity contribution in [1.82, 2.24) is 4.57 Å². The van der Waals surface area contributed by atoms with E-state index in [0.29, 0.717) is 20.8 Å². The molecule has 0 aliphatic carbocycles. The molecule has 1 aliphatic heterocycles. The zero-order valence-corrected chi connectivity index (χ0v) is 19.0. The lowest BCUT2D eigenvalue weighted by Gasteiger charge is -2.22. The molecule has 1 aromatic heterocycles. The van der Waals surface area contributed by atoms with Crippen molar-refractivity contribution >= 4 is 23.1 Å². The molecule has 0 amide bonds. The minimum Gasteiger partial charge on any atom is -0.497 e. The van der Waals surface area contributed by atoms with Gasteiger partial charge >= 0.3 is 0 Å². The van der Waals surface area contributed by atoms with Crippen molar-refractivity contribution in [2.45, 2.75) is 6.04 Å². The van der Waals surface area contributed by atoms with Crippen LogP contribution < -0.4 is 24.4 Å². The molecule has 6 nitrogen and oxygen atoms in total. The smallest absolute Gasteiger partial charge is 0.271 e. The van der Waals surface area contributed by atoms with Crippen molar-refractivity contribution in [2.75, 3.05) is 14.2 Å². The molecule has 1 aliphatic rings. The summed E-state index contributed by atoms with van der Waals surface area (Å²) >= 11 is 1.32. The predicted octanol–water partition coefficient (Wildman–Crippen LogP) is 3.38. The molecular formula is C26H21N3O3S. The maximum Gasteiger partial charge on any atom is 0.271 e. The number of benzene rings is 3. The fourth-order valence-electron chi connectivity index (χ4n) is 3.90. The lowest BCUT2D eigenvalue weighted by Crippen LogP contribution is -2.40. The Morgan fingerprint density at radius 2 is 1.64 bits per heavy atom. The van der Waals surface area contributed by atoms with Crippen molar-refractivity contribution in [3.05, 3.63) is 115 Å². The van der Waals surface area contributed by atoms with Gasteiger partial charge in [-0.3, -0.25) is 9.36 Å². The number of thiazole rings is 1. The fourth-order valence-corrected chi connectivity index (χ4v) is 4.84. The number of aromatic nitrogens is 1. The van der Waals surface area contributed by atoms with Crippen LogP contribution in [0.25, 0.3) is 6.08 Å². The largest absolute Gasteiger partial charge is 0.497 e. The molecule has 33 heavy (non-hydrogen) atoms. The number of rotatable bonds is 5. The topological polar surface area (TPSA) is 65.2 Å². The highest BCUT2D eigenvalue weighted by Crippen LogP contribution is 2.26. The summed E-state index contributed by atoms with van der Waals surface area (Å²) in [7, 11) is 3.20. The molecule has 164 valence electrons. The fraction of sp³-hybridized carbons (Fsp3) is 0.115. The summed E-state index contributed by atoms with van der Waals surface area (Å²) in [6.45, 7) is 0. The summed E-state index contributed by atoms with van der Waals surface area (Å²) in [5, 5.41) is 8.97. The van der Waals surface area contributed by atoms with E-state index in [1.54, 1.807) is 24.9 Å². The molecule has 0 spiro atoms. The van der Waals surface area contributed by atoms with E-state index in [4.69, 9.17) is 9.47 Å². The maximum atomic E-state index is 13.7. The Morgan fingerprint density at radius 3 is 2.33 bits per heavy atom. The Labute approximate surface area is 194 Å². The zero-order chi connectivity index (χ0) is 22.8. The van der Waals surface area contributed by atoms with E-state index in [0.717, 1.165) is 22.4 Å². The molecule has 5 rings (SSSR count). The summed E-state index contributed by atoms with van der Waals surface area (Å²) in [6, 6.07) is 24.9. The van der Waals surface area contributed by atoms with Crippen LogP contribution in [0.5, 0.6) is 11.5 Å². The molecule has 0 saturated carbocycles. The average molecular weight is 456 g/mol. The van der Waals surface area contributed by atoms with Crippen LogP contribution in [0, 0.1) is 0 Å². The molecule has 0 unspecified atom stereocenters. The number of ether oxygens (including phenoxy) is 2. The van der Waals surface area contributed by atoms with Crippen molar-refractivity contribution < 1.29 is 9.47 Å². The first kappa shape index (κ1) is 20.9. The summed E-state index contributed by atoms with van der Waals surface area (Å²) in [5.41, 5.74) is 3.32. The van der Waals surface area contributed by atoms with Crippen molar-refractivity contribution in [3.63, 3.8) is 0 Å². The van der Waals surface area contributed by atoms with E-state index >= 15 is 0 Å². The molecule has 0 fully saturated rings. The van der Waals surface area contributed by atoms with Crippen LogP contribution in [0.2, 0.25) is 0 Å². The highest BCUT2D eigenvalue weighted by Gasteiger charge is 2.28. The Balaban J connectivity index is 1.70. The van der Waals surface area contributed by atoms with E-state index in [-0.39, 0.29) is 11.6 Å². The van der Waals surface area contributed by atoms with Gasteiger partial charge in [0.25, 0.3) is 5.56 Å². The maximum absolute atomic E-state index is 13.7. The predicted molar refractivity (Wildman–Crippen MR) is 130 cm³/mol. The van der Waals surface area contributed by atoms with E-state index in [1.807, 2.05) is 78.9 Å². The molecule has 2 heterocycles. The molecule has 0 saturated heterocycles. The first-order valence-electron chi connectivity index (χ1n) is 10.4. The Hall–Kier alpha value is -3.97. The summed E-state index contributed by atoms with van der Waals surface area (Å²) < 4.78 is 13.1. The molecule has 0 radical (unpaired) electrons. The lowest BCUT2D eigenvalue weighted by atomic mass is 9.96. The van der Waals surface area contributed by atoms with Crippen LogP contribution in [-0.2, 0) is 0 Å². The molecular weight excluding hydrogens is 434 g/mol. The van der Waals surface area contributed by atoms with Crippen LogP contribution >= 0.6 is 11.3 Å². The van der Waals surface area contributed by atoms with Crippen LogP contribution in [0.1, 0.15) is 22.7 Å². The van der Waals surface area contributed by atoms with Gasteiger partial charge in [-0.05, 0) is 23.8 Å². The molecule has 1 atom stereocenters. The lowest BCUT2D eigenvalue weighted by molar-refractivity contribution is 0.393. The molecule has 0 N–H and O–H groups in total. The third kappa shape index (κ3) is 3.87. The van der Waals surface area contributed by atoms with Crippen LogP contribution in [0.4, 0.5) is 0 Å². The Bertz CT molecular complexity index is 1510. The van der Waals surface area contributed by atoms with Crippen LogP contribution in [-0.4, -0.2) is 24.5 Å². The summed E-state index contributed by atoms with van der Waals surface area (Å²) in [6.07, 6.45) is 1.83. The number of hydrogen-bond acceptors (Lipinski definition) is 6. The Morgan fingerprint density at radius 1 is 0.909 bits per heavy atom. The summed E-state index contributed by atoms with van der Waals surface area (Å²) in [4.78, 5) is 14.2. The van der Waals surface area contributed by atoms with Gasteiger partial charge in [0, 0.05) is 17.2 Å². The van der Waals surface area contributed by atoms with Gasteiger partial charge in [-0.25, -0.2) is 0 Å². The molecule has 3 aromatic carbocycles. The zero-order valence-electron chi connectivity index (χ0n) is 18.1. The molecule has 0 bridgehead atoms. The van der Waals surface area contributed by atoms with E-state index in [9.17, 15) is 4.79 Å². The van der Waals surface area contributed by atoms with E-state index in [1.165, 1.54) is 11.3 Å². The first-order chi connectivity index (χ1) is 16.2. The van der Waals surface area contributed by atoms with Gasteiger partial charge in [0.05, 0.1) is 24.5 Å². The molecule has 4 aromatic rings. The van der Waals surface area contributed by atoms with Crippen molar-refractivity contribution in [1.29, 1.82) is 0 Å². The van der Waals surface area contributed by atoms with Crippen molar-refractivity contribution in [3.8, 4) is 11.5 Å². The van der Waals surface area contributed by atoms with Gasteiger partial charge in [-0.15, -0.1) is 10.2 Å². The van der Waals surface area contributed by atoms with Gasteiger partial charge < -0.3 is 9.47 Å². The van der Waals surface area contributed by atoms with E-state index < -0.39 is 0 Å². The minimum absolute atomic E-state index is 0.117. The number of fused-ring (bicyclic) bond motifs is 1. The second-order valence-corrected chi connectivity index (χ2v) is 8.45. The van der Waals surface area contributed by atoms with Gasteiger partial charge in [-0.1, -0.05) is 72.0 Å². The van der Waals surface area contributed by atoms with Crippen LogP contribution in [0.3, 0.4) is 0 Å². The average Bonchev–Trinajstić information content (AvgIpc) is 3.19. The second-order valence-electron chi connectivity index (χ2n) is 7.44. The number of hydrogen-bond donors (Lipinski definition) is 0. The number of methoxy groups -OCH3 is 2. The highest BCUT2D eigenvalue weighted by atomic mass is 32.1. The first-order valence-corrected chi connectivity index (χ1v) is 11.2. The van der Waals surface area contributed by atoms with Crippen LogP contribution in [0.15, 0.2) is 93.9 Å². The van der Waals surface area contributed by atoms with Gasteiger partial charge in [0.15, 0.2) is 0 Å². The monoisotopic (exact) mass is 455 g/mol. The van der Waals surface area contributed by atoms with Gasteiger partial charge in [0.1, 0.15) is 17.5 Å². The summed E-state index contributed by atoms with van der Waals surface area (Å²) in [5.74, 6) is 1.31. The standard InChI is InChI=1S/C26H21N3O3S/c1-31-20-14-13-19(21(16-20)32-2)15-22-25(30)29-24(18-11-7-4-8-12-18)23(27-28-26(29)33-22)17-9-5-3-6-10-17/h3-16,24H,1-2H3/b22-15+/t24-/m0/s1. The highest BCUT2D eigenvalue weighted by molar-refractivity contribution is 7.07.